The second-order valence-electron chi connectivity index (χ2n) is 3.85. The molecule has 0 amide bonds. The van der Waals surface area contributed by atoms with Crippen molar-refractivity contribution in [1.82, 2.24) is 0 Å². The van der Waals surface area contributed by atoms with Crippen molar-refractivity contribution in [2.75, 3.05) is 12.9 Å². The van der Waals surface area contributed by atoms with Gasteiger partial charge in [0.15, 0.2) is 0 Å². The van der Waals surface area contributed by atoms with Crippen molar-refractivity contribution in [1.29, 1.82) is 0 Å². The Labute approximate surface area is 99.7 Å². The summed E-state index contributed by atoms with van der Waals surface area (Å²) in [6.45, 7) is 4.05. The highest BCUT2D eigenvalue weighted by Gasteiger charge is 2.16. The van der Waals surface area contributed by atoms with Crippen molar-refractivity contribution in [3.63, 3.8) is 0 Å². The fourth-order valence-electron chi connectivity index (χ4n) is 1.81. The number of ether oxygens (including phenoxy) is 1. The third-order valence-corrected chi connectivity index (χ3v) is 3.77. The number of aryl methyl sites for hydroxylation is 1. The zero-order chi connectivity index (χ0) is 11.7. The molecule has 0 spiro atoms. The third-order valence-electron chi connectivity index (χ3n) is 2.79. The number of esters is 1. The Morgan fingerprint density at radius 2 is 2.12 bits per heavy atom. The van der Waals surface area contributed by atoms with E-state index in [4.69, 9.17) is 4.74 Å². The number of carbonyl (C=O) groups excluding carboxylic acids is 1. The molecule has 1 heterocycles. The Morgan fingerprint density at radius 3 is 2.81 bits per heavy atom. The van der Waals surface area contributed by atoms with Gasteiger partial charge in [-0.25, -0.2) is 4.79 Å². The topological polar surface area (TPSA) is 26.3 Å². The zero-order valence-corrected chi connectivity index (χ0v) is 10.5. The molecular weight excluding hydrogens is 220 g/mol. The fraction of sp³-hybridized carbons (Fsp3) is 0.308. The van der Waals surface area contributed by atoms with E-state index in [2.05, 4.69) is 19.1 Å². The molecule has 1 aromatic rings. The van der Waals surface area contributed by atoms with Crippen LogP contribution in [0.15, 0.2) is 23.1 Å². The van der Waals surface area contributed by atoms with Crippen LogP contribution in [0.3, 0.4) is 0 Å². The van der Waals surface area contributed by atoms with Gasteiger partial charge in [-0.1, -0.05) is 6.08 Å². The van der Waals surface area contributed by atoms with Gasteiger partial charge < -0.3 is 4.74 Å². The molecule has 84 valence electrons. The van der Waals surface area contributed by atoms with Gasteiger partial charge in [-0.05, 0) is 42.7 Å². The molecule has 2 rings (SSSR count). The predicted molar refractivity (Wildman–Crippen MR) is 66.9 cm³/mol. The number of thioether (sulfide) groups is 1. The van der Waals surface area contributed by atoms with Crippen molar-refractivity contribution in [2.24, 2.45) is 0 Å². The molecule has 1 aliphatic heterocycles. The molecule has 0 aliphatic carbocycles. The first kappa shape index (κ1) is 11.3. The number of carbonyl (C=O) groups is 1. The number of fused-ring (bicyclic) bond motifs is 1. The number of rotatable bonds is 1. The quantitative estimate of drug-likeness (QED) is 0.697. The van der Waals surface area contributed by atoms with Gasteiger partial charge in [0, 0.05) is 10.6 Å². The number of benzene rings is 1. The molecule has 0 atom stereocenters. The zero-order valence-electron chi connectivity index (χ0n) is 9.66. The van der Waals surface area contributed by atoms with Gasteiger partial charge >= 0.3 is 5.97 Å². The van der Waals surface area contributed by atoms with Crippen molar-refractivity contribution in [3.05, 3.63) is 34.9 Å². The second kappa shape index (κ2) is 4.34. The van der Waals surface area contributed by atoms with E-state index in [1.54, 1.807) is 11.8 Å². The summed E-state index contributed by atoms with van der Waals surface area (Å²) in [5, 5.41) is 0. The van der Waals surface area contributed by atoms with E-state index in [9.17, 15) is 4.79 Å². The van der Waals surface area contributed by atoms with E-state index in [1.807, 2.05) is 13.0 Å². The van der Waals surface area contributed by atoms with Crippen LogP contribution in [-0.4, -0.2) is 18.8 Å². The lowest BCUT2D eigenvalue weighted by atomic mass is 10.00. The Hall–Kier alpha value is -1.22. The molecule has 16 heavy (non-hydrogen) atoms. The van der Waals surface area contributed by atoms with Crippen molar-refractivity contribution < 1.29 is 9.53 Å². The van der Waals surface area contributed by atoms with Gasteiger partial charge in [0.05, 0.1) is 12.7 Å². The van der Waals surface area contributed by atoms with Gasteiger partial charge in [0.25, 0.3) is 0 Å². The summed E-state index contributed by atoms with van der Waals surface area (Å²) in [5.41, 5.74) is 4.17. The monoisotopic (exact) mass is 234 g/mol. The van der Waals surface area contributed by atoms with Crippen molar-refractivity contribution in [3.8, 4) is 0 Å². The molecule has 0 N–H and O–H groups in total. The highest BCUT2D eigenvalue weighted by atomic mass is 32.2. The SMILES string of the molecule is COC(=O)c1cc2c(cc1C)C(C)=CCS2. The maximum absolute atomic E-state index is 11.6. The fourth-order valence-corrected chi connectivity index (χ4v) is 2.90. The van der Waals surface area contributed by atoms with Gasteiger partial charge in [0.2, 0.25) is 0 Å². The Bertz CT molecular complexity index is 475. The van der Waals surface area contributed by atoms with Crippen LogP contribution in [0.1, 0.15) is 28.4 Å². The number of allylic oxidation sites excluding steroid dienone is 1. The van der Waals surface area contributed by atoms with Gasteiger partial charge in [-0.15, -0.1) is 11.8 Å². The first-order chi connectivity index (χ1) is 7.63. The molecule has 1 aliphatic rings. The summed E-state index contributed by atoms with van der Waals surface area (Å²) in [7, 11) is 1.42. The number of hydrogen-bond acceptors (Lipinski definition) is 3. The van der Waals surface area contributed by atoms with Gasteiger partial charge in [-0.3, -0.25) is 0 Å². The lowest BCUT2D eigenvalue weighted by Crippen LogP contribution is -2.06. The summed E-state index contributed by atoms with van der Waals surface area (Å²) in [6, 6.07) is 4.01. The molecule has 0 saturated heterocycles. The average molecular weight is 234 g/mol. The van der Waals surface area contributed by atoms with Crippen LogP contribution >= 0.6 is 11.8 Å². The highest BCUT2D eigenvalue weighted by molar-refractivity contribution is 7.99. The lowest BCUT2D eigenvalue weighted by molar-refractivity contribution is 0.0599. The molecule has 0 radical (unpaired) electrons. The lowest BCUT2D eigenvalue weighted by Gasteiger charge is -2.17. The van der Waals surface area contributed by atoms with Gasteiger partial charge in [-0.2, -0.15) is 0 Å². The maximum Gasteiger partial charge on any atom is 0.338 e. The first-order valence-corrected chi connectivity index (χ1v) is 6.15. The van der Waals surface area contributed by atoms with Crippen molar-refractivity contribution in [2.45, 2.75) is 18.7 Å². The van der Waals surface area contributed by atoms with Crippen LogP contribution in [0.2, 0.25) is 0 Å². The molecule has 0 unspecified atom stereocenters. The van der Waals surface area contributed by atoms with Crippen LogP contribution in [-0.2, 0) is 4.74 Å². The Kier molecular flexibility index (Phi) is 3.06. The summed E-state index contributed by atoms with van der Waals surface area (Å²) >= 11 is 1.76. The molecule has 1 aromatic carbocycles. The molecule has 3 heteroatoms. The first-order valence-electron chi connectivity index (χ1n) is 5.16. The minimum Gasteiger partial charge on any atom is -0.465 e. The molecular formula is C13H14O2S. The molecule has 0 aromatic heterocycles. The number of methoxy groups -OCH3 is 1. The summed E-state index contributed by atoms with van der Waals surface area (Å²) in [5.74, 6) is 0.718. The minimum absolute atomic E-state index is 0.256. The molecule has 0 saturated carbocycles. The second-order valence-corrected chi connectivity index (χ2v) is 4.91. The van der Waals surface area contributed by atoms with Crippen molar-refractivity contribution >= 4 is 23.3 Å². The van der Waals surface area contributed by atoms with E-state index >= 15 is 0 Å². The van der Waals surface area contributed by atoms with E-state index in [0.29, 0.717) is 5.56 Å². The Balaban J connectivity index is 2.54. The van der Waals surface area contributed by atoms with Crippen LogP contribution in [0.25, 0.3) is 5.57 Å². The largest absolute Gasteiger partial charge is 0.465 e. The van der Waals surface area contributed by atoms with E-state index in [0.717, 1.165) is 11.3 Å². The third kappa shape index (κ3) is 1.87. The summed E-state index contributed by atoms with van der Waals surface area (Å²) < 4.78 is 4.77. The van der Waals surface area contributed by atoms with E-state index in [-0.39, 0.29) is 5.97 Å². The highest BCUT2D eigenvalue weighted by Crippen LogP contribution is 2.35. The van der Waals surface area contributed by atoms with Gasteiger partial charge in [0.1, 0.15) is 0 Å². The molecule has 0 bridgehead atoms. The average Bonchev–Trinajstić information content (AvgIpc) is 2.29. The Morgan fingerprint density at radius 1 is 1.38 bits per heavy atom. The van der Waals surface area contributed by atoms with E-state index in [1.165, 1.54) is 23.1 Å². The van der Waals surface area contributed by atoms with Crippen LogP contribution in [0.4, 0.5) is 0 Å². The van der Waals surface area contributed by atoms with Crippen LogP contribution < -0.4 is 0 Å². The summed E-state index contributed by atoms with van der Waals surface area (Å²) in [6.07, 6.45) is 2.21. The minimum atomic E-state index is -0.256. The van der Waals surface area contributed by atoms with Crippen LogP contribution in [0.5, 0.6) is 0 Å². The standard InChI is InChI=1S/C13H14O2S/c1-8-4-5-16-12-7-11(13(14)15-3)9(2)6-10(8)12/h4,6-7H,5H2,1-3H3. The number of hydrogen-bond donors (Lipinski definition) is 0. The normalized spacial score (nSPS) is 14.1. The molecule has 2 nitrogen and oxygen atoms in total. The smallest absolute Gasteiger partial charge is 0.338 e. The summed E-state index contributed by atoms with van der Waals surface area (Å²) in [4.78, 5) is 12.7. The molecule has 0 fully saturated rings. The van der Waals surface area contributed by atoms with E-state index < -0.39 is 0 Å². The maximum atomic E-state index is 11.6. The van der Waals surface area contributed by atoms with Crippen LogP contribution in [0, 0.1) is 6.92 Å². The predicted octanol–water partition coefficient (Wildman–Crippen LogP) is 3.29.